The lowest BCUT2D eigenvalue weighted by atomic mass is 10.2. The molecule has 33 heavy (non-hydrogen) atoms. The number of aliphatic hydroxyl groups excluding tert-OH is 1. The fraction of sp³-hybridized carbons (Fsp3) is 0.333. The third-order valence-electron chi connectivity index (χ3n) is 5.84. The van der Waals surface area contributed by atoms with Crippen molar-refractivity contribution in [1.29, 1.82) is 0 Å². The van der Waals surface area contributed by atoms with E-state index in [0.717, 1.165) is 36.5 Å². The minimum Gasteiger partial charge on any atom is -0.391 e. The number of carbonyl (C=O) groups is 1. The number of anilines is 2. The molecule has 1 unspecified atom stereocenters. The highest BCUT2D eigenvalue weighted by Crippen LogP contribution is 2.39. The van der Waals surface area contributed by atoms with Crippen LogP contribution in [0.1, 0.15) is 41.4 Å². The maximum absolute atomic E-state index is 13.0. The van der Waals surface area contributed by atoms with E-state index in [1.165, 1.54) is 17.7 Å². The van der Waals surface area contributed by atoms with E-state index >= 15 is 0 Å². The molecule has 1 aliphatic heterocycles. The lowest BCUT2D eigenvalue weighted by Crippen LogP contribution is -2.23. The summed E-state index contributed by atoms with van der Waals surface area (Å²) < 4.78 is 1.94. The van der Waals surface area contributed by atoms with Crippen LogP contribution in [0.2, 0.25) is 0 Å². The lowest BCUT2D eigenvalue weighted by Gasteiger charge is -2.21. The number of carbonyl (C=O) groups excluding carboxylic acids is 1. The number of pyridine rings is 1. The number of thiazole rings is 1. The molecular weight excluding hydrogens is 442 g/mol. The normalized spacial score (nSPS) is 18.1. The zero-order valence-corrected chi connectivity index (χ0v) is 18.4. The van der Waals surface area contributed by atoms with Gasteiger partial charge in [0.15, 0.2) is 10.8 Å². The van der Waals surface area contributed by atoms with Gasteiger partial charge in [0, 0.05) is 30.6 Å². The van der Waals surface area contributed by atoms with Gasteiger partial charge in [-0.15, -0.1) is 21.5 Å². The highest BCUT2D eigenvalue weighted by atomic mass is 32.1. The first-order chi connectivity index (χ1) is 16.1. The molecule has 1 amide bonds. The Hall–Kier alpha value is -3.64. The van der Waals surface area contributed by atoms with Crippen molar-refractivity contribution in [2.75, 3.05) is 23.3 Å². The molecule has 1 saturated heterocycles. The standard InChI is InChI=1S/C21H21N9O2S/c31-13-3-4-29(7-13)17-6-22-14(5-16(17)30-8-15(24-11-30)12-1-2-12)20(32)26-18-9-33-21(27-18)19-23-10-25-28-19/h5-6,8-13,31H,1-4,7H2,(H,26,32)(H,23,25,28). The van der Waals surface area contributed by atoms with Crippen LogP contribution in [0.5, 0.6) is 0 Å². The molecule has 4 aromatic rings. The average Bonchev–Trinajstić information content (AvgIpc) is 3.30. The smallest absolute Gasteiger partial charge is 0.275 e. The Bertz CT molecular complexity index is 1290. The molecule has 11 nitrogen and oxygen atoms in total. The van der Waals surface area contributed by atoms with Gasteiger partial charge in [-0.1, -0.05) is 0 Å². The Balaban J connectivity index is 1.29. The summed E-state index contributed by atoms with van der Waals surface area (Å²) >= 11 is 1.35. The van der Waals surface area contributed by atoms with Crippen LogP contribution >= 0.6 is 11.3 Å². The maximum atomic E-state index is 13.0. The van der Waals surface area contributed by atoms with Gasteiger partial charge in [0.1, 0.15) is 17.8 Å². The number of aliphatic hydroxyl groups is 1. The molecular formula is C21H21N9O2S. The van der Waals surface area contributed by atoms with Crippen LogP contribution in [0.25, 0.3) is 16.5 Å². The van der Waals surface area contributed by atoms with Crippen LogP contribution in [0.15, 0.2) is 36.5 Å². The zero-order valence-electron chi connectivity index (χ0n) is 17.5. The number of aromatic amines is 1. The van der Waals surface area contributed by atoms with Gasteiger partial charge in [0.05, 0.1) is 35.7 Å². The van der Waals surface area contributed by atoms with Gasteiger partial charge in [0.25, 0.3) is 5.91 Å². The van der Waals surface area contributed by atoms with Gasteiger partial charge >= 0.3 is 0 Å². The number of hydrogen-bond acceptors (Lipinski definition) is 9. The highest BCUT2D eigenvalue weighted by molar-refractivity contribution is 7.13. The first-order valence-electron chi connectivity index (χ1n) is 10.7. The summed E-state index contributed by atoms with van der Waals surface area (Å²) in [7, 11) is 0. The fourth-order valence-corrected chi connectivity index (χ4v) is 4.66. The zero-order chi connectivity index (χ0) is 22.4. The third-order valence-corrected chi connectivity index (χ3v) is 6.69. The van der Waals surface area contributed by atoms with Crippen LogP contribution in [-0.2, 0) is 0 Å². The summed E-state index contributed by atoms with van der Waals surface area (Å²) in [5.74, 6) is 1.13. The Labute approximate surface area is 192 Å². The van der Waals surface area contributed by atoms with Crippen LogP contribution < -0.4 is 10.2 Å². The van der Waals surface area contributed by atoms with Crippen LogP contribution in [-0.4, -0.2) is 64.9 Å². The van der Waals surface area contributed by atoms with Crippen molar-refractivity contribution in [3.05, 3.63) is 47.9 Å². The van der Waals surface area contributed by atoms with Crippen molar-refractivity contribution >= 4 is 28.7 Å². The van der Waals surface area contributed by atoms with Crippen molar-refractivity contribution in [3.63, 3.8) is 0 Å². The number of rotatable bonds is 6. The molecule has 4 aromatic heterocycles. The van der Waals surface area contributed by atoms with Gasteiger partial charge in [0.2, 0.25) is 0 Å². The average molecular weight is 464 g/mol. The number of amides is 1. The Morgan fingerprint density at radius 2 is 2.15 bits per heavy atom. The van der Waals surface area contributed by atoms with E-state index in [4.69, 9.17) is 0 Å². The Morgan fingerprint density at radius 3 is 2.91 bits per heavy atom. The molecule has 1 atom stereocenters. The Morgan fingerprint density at radius 1 is 1.24 bits per heavy atom. The van der Waals surface area contributed by atoms with Crippen LogP contribution in [0.3, 0.4) is 0 Å². The highest BCUT2D eigenvalue weighted by Gasteiger charge is 2.28. The molecule has 0 radical (unpaired) electrons. The number of β-amino-alcohol motifs (C(OH)–C–C–N with tert-alkyl or cyclic N) is 1. The van der Waals surface area contributed by atoms with Gasteiger partial charge in [-0.2, -0.15) is 0 Å². The molecule has 1 saturated carbocycles. The molecule has 0 bridgehead atoms. The topological polar surface area (TPSA) is 138 Å². The van der Waals surface area contributed by atoms with Crippen molar-refractivity contribution in [3.8, 4) is 16.5 Å². The number of H-pyrrole nitrogens is 1. The number of nitrogens with zero attached hydrogens (tertiary/aromatic N) is 7. The largest absolute Gasteiger partial charge is 0.391 e. The summed E-state index contributed by atoms with van der Waals surface area (Å²) in [6.07, 6.45) is 9.64. The molecule has 0 spiro atoms. The second kappa shape index (κ2) is 8.05. The second-order valence-corrected chi connectivity index (χ2v) is 9.11. The van der Waals surface area contributed by atoms with Gasteiger partial charge < -0.3 is 24.9 Å². The summed E-state index contributed by atoms with van der Waals surface area (Å²) in [4.78, 5) is 31.3. The predicted molar refractivity (Wildman–Crippen MR) is 122 cm³/mol. The van der Waals surface area contributed by atoms with E-state index in [9.17, 15) is 9.90 Å². The van der Waals surface area contributed by atoms with Gasteiger partial charge in [-0.05, 0) is 25.3 Å². The summed E-state index contributed by atoms with van der Waals surface area (Å²) in [5, 5.41) is 22.9. The molecule has 168 valence electrons. The lowest BCUT2D eigenvalue weighted by molar-refractivity contribution is 0.102. The molecule has 3 N–H and O–H groups in total. The first-order valence-corrected chi connectivity index (χ1v) is 11.6. The van der Waals surface area contributed by atoms with E-state index in [1.54, 1.807) is 24.0 Å². The van der Waals surface area contributed by atoms with E-state index < -0.39 is 0 Å². The van der Waals surface area contributed by atoms with E-state index in [2.05, 4.69) is 40.3 Å². The molecule has 2 aliphatic rings. The molecule has 6 rings (SSSR count). The monoisotopic (exact) mass is 463 g/mol. The van der Waals surface area contributed by atoms with Crippen LogP contribution in [0.4, 0.5) is 11.5 Å². The molecule has 1 aliphatic carbocycles. The van der Waals surface area contributed by atoms with Crippen molar-refractivity contribution < 1.29 is 9.90 Å². The predicted octanol–water partition coefficient (Wildman–Crippen LogP) is 2.21. The van der Waals surface area contributed by atoms with Gasteiger partial charge in [-0.25, -0.2) is 15.0 Å². The molecule has 12 heteroatoms. The SMILES string of the molecule is O=C(Nc1csc(-c2nnc[nH]2)n1)c1cc(-n2cnc(C3CC3)c2)c(N2CCC(O)C2)cn1. The van der Waals surface area contributed by atoms with Crippen molar-refractivity contribution in [1.82, 2.24) is 34.7 Å². The molecule has 2 fully saturated rings. The fourth-order valence-electron chi connectivity index (χ4n) is 3.96. The van der Waals surface area contributed by atoms with E-state index in [1.807, 2.05) is 10.8 Å². The van der Waals surface area contributed by atoms with Gasteiger partial charge in [-0.3, -0.25) is 4.79 Å². The minimum atomic E-state index is -0.367. The second-order valence-electron chi connectivity index (χ2n) is 8.26. The number of aromatic nitrogens is 7. The quantitative estimate of drug-likeness (QED) is 0.396. The van der Waals surface area contributed by atoms with Crippen molar-refractivity contribution in [2.45, 2.75) is 31.3 Å². The van der Waals surface area contributed by atoms with E-state index in [0.29, 0.717) is 35.5 Å². The van der Waals surface area contributed by atoms with Crippen molar-refractivity contribution in [2.24, 2.45) is 0 Å². The minimum absolute atomic E-state index is 0.268. The van der Waals surface area contributed by atoms with E-state index in [-0.39, 0.29) is 17.7 Å². The summed E-state index contributed by atoms with van der Waals surface area (Å²) in [6, 6.07) is 1.76. The van der Waals surface area contributed by atoms with Crippen LogP contribution in [0, 0.1) is 0 Å². The maximum Gasteiger partial charge on any atom is 0.275 e. The summed E-state index contributed by atoms with van der Waals surface area (Å²) in [5.41, 5.74) is 3.01. The number of hydrogen-bond donors (Lipinski definition) is 3. The number of imidazole rings is 1. The first kappa shape index (κ1) is 20.0. The summed E-state index contributed by atoms with van der Waals surface area (Å²) in [6.45, 7) is 1.27. The molecule has 5 heterocycles. The molecule has 0 aromatic carbocycles. The third kappa shape index (κ3) is 3.98. The Kier molecular flexibility index (Phi) is 4.88. The number of nitrogens with one attached hydrogen (secondary N) is 2.